The second-order valence-electron chi connectivity index (χ2n) is 5.18. The van der Waals surface area contributed by atoms with E-state index in [1.54, 1.807) is 6.92 Å². The van der Waals surface area contributed by atoms with E-state index < -0.39 is 0 Å². The summed E-state index contributed by atoms with van der Waals surface area (Å²) in [6, 6.07) is 0.0110. The summed E-state index contributed by atoms with van der Waals surface area (Å²) in [6.45, 7) is 5.30. The molecule has 0 aromatic heterocycles. The average Bonchev–Trinajstić information content (AvgIpc) is 2.81. The summed E-state index contributed by atoms with van der Waals surface area (Å²) < 4.78 is 5.35. The Hall–Kier alpha value is -1.32. The van der Waals surface area contributed by atoms with E-state index in [4.69, 9.17) is 4.74 Å². The van der Waals surface area contributed by atoms with E-state index in [2.05, 4.69) is 11.9 Å². The molecule has 86 valence electrons. The summed E-state index contributed by atoms with van der Waals surface area (Å²) in [7, 11) is 0. The Morgan fingerprint density at radius 3 is 2.94 bits per heavy atom. The Kier molecular flexibility index (Phi) is 1.91. The fourth-order valence-corrected chi connectivity index (χ4v) is 3.43. The lowest BCUT2D eigenvalue weighted by molar-refractivity contribution is -0.144. The second kappa shape index (κ2) is 3.09. The largest absolute Gasteiger partial charge is 0.460 e. The number of carbonyl (C=O) groups excluding carboxylic acids is 2. The van der Waals surface area contributed by atoms with E-state index in [0.717, 1.165) is 12.8 Å². The van der Waals surface area contributed by atoms with Crippen LogP contribution in [0.3, 0.4) is 0 Å². The highest BCUT2D eigenvalue weighted by Gasteiger charge is 2.62. The summed E-state index contributed by atoms with van der Waals surface area (Å²) >= 11 is 0. The zero-order chi connectivity index (χ0) is 11.4. The Morgan fingerprint density at radius 1 is 1.50 bits per heavy atom. The van der Waals surface area contributed by atoms with Crippen molar-refractivity contribution < 1.29 is 14.3 Å². The predicted octanol–water partition coefficient (Wildman–Crippen LogP) is 0.629. The van der Waals surface area contributed by atoms with Gasteiger partial charge < -0.3 is 10.1 Å². The van der Waals surface area contributed by atoms with Gasteiger partial charge in [0.15, 0.2) is 0 Å². The van der Waals surface area contributed by atoms with Crippen LogP contribution in [-0.4, -0.2) is 24.0 Å². The van der Waals surface area contributed by atoms with Crippen LogP contribution in [0, 0.1) is 17.8 Å². The molecular weight excluding hydrogens is 206 g/mol. The van der Waals surface area contributed by atoms with E-state index in [-0.39, 0.29) is 29.9 Å². The number of hydrogen-bond acceptors (Lipinski definition) is 3. The first kappa shape index (κ1) is 9.87. The standard InChI is InChI=1S/C12H15NO3/c1-5(2)11(14)13-9-6-3-7-8(4-6)12(15)16-10(7)9/h6-10H,1,3-4H2,2H3,(H,13,14)/t6-,7-,8?,9?,10?/m0/s1. The maximum atomic E-state index is 11.6. The molecule has 1 amide bonds. The van der Waals surface area contributed by atoms with E-state index in [0.29, 0.717) is 17.4 Å². The van der Waals surface area contributed by atoms with Crippen molar-refractivity contribution in [1.82, 2.24) is 5.32 Å². The van der Waals surface area contributed by atoms with Gasteiger partial charge in [-0.15, -0.1) is 0 Å². The molecule has 0 radical (unpaired) electrons. The van der Waals surface area contributed by atoms with Crippen molar-refractivity contribution in [2.75, 3.05) is 0 Å². The van der Waals surface area contributed by atoms with Crippen molar-refractivity contribution in [3.63, 3.8) is 0 Å². The van der Waals surface area contributed by atoms with Crippen LogP contribution in [0.15, 0.2) is 12.2 Å². The van der Waals surface area contributed by atoms with Crippen molar-refractivity contribution in [3.05, 3.63) is 12.2 Å². The SMILES string of the molecule is C=C(C)C(=O)NC1C2OC(=O)C3C[C@@H]1C[C@@H]32. The van der Waals surface area contributed by atoms with Gasteiger partial charge in [-0.25, -0.2) is 0 Å². The fraction of sp³-hybridized carbons (Fsp3) is 0.667. The summed E-state index contributed by atoms with van der Waals surface area (Å²) in [5.41, 5.74) is 0.503. The van der Waals surface area contributed by atoms with Crippen molar-refractivity contribution in [2.45, 2.75) is 31.9 Å². The van der Waals surface area contributed by atoms with Gasteiger partial charge in [-0.1, -0.05) is 6.58 Å². The predicted molar refractivity (Wildman–Crippen MR) is 56.3 cm³/mol. The zero-order valence-corrected chi connectivity index (χ0v) is 9.23. The maximum absolute atomic E-state index is 11.6. The van der Waals surface area contributed by atoms with Crippen LogP contribution in [0.1, 0.15) is 19.8 Å². The topological polar surface area (TPSA) is 55.4 Å². The van der Waals surface area contributed by atoms with Gasteiger partial charge in [0.2, 0.25) is 5.91 Å². The number of carbonyl (C=O) groups is 2. The molecule has 2 saturated carbocycles. The van der Waals surface area contributed by atoms with Crippen LogP contribution in [-0.2, 0) is 14.3 Å². The second-order valence-corrected chi connectivity index (χ2v) is 5.18. The highest BCUT2D eigenvalue weighted by atomic mass is 16.6. The summed E-state index contributed by atoms with van der Waals surface area (Å²) in [6.07, 6.45) is 1.81. The van der Waals surface area contributed by atoms with Gasteiger partial charge in [0.05, 0.1) is 12.0 Å². The molecule has 16 heavy (non-hydrogen) atoms. The fourth-order valence-electron chi connectivity index (χ4n) is 3.43. The summed E-state index contributed by atoms with van der Waals surface area (Å²) in [5, 5.41) is 2.94. The number of esters is 1. The van der Waals surface area contributed by atoms with Gasteiger partial charge in [0.25, 0.3) is 0 Å². The minimum atomic E-state index is -0.128. The van der Waals surface area contributed by atoms with Crippen molar-refractivity contribution in [2.24, 2.45) is 17.8 Å². The highest BCUT2D eigenvalue weighted by Crippen LogP contribution is 2.54. The van der Waals surface area contributed by atoms with Crippen molar-refractivity contribution >= 4 is 11.9 Å². The molecule has 3 fully saturated rings. The lowest BCUT2D eigenvalue weighted by atomic mass is 9.86. The number of fused-ring (bicyclic) bond motifs is 1. The van der Waals surface area contributed by atoms with Gasteiger partial charge >= 0.3 is 5.97 Å². The molecule has 4 heteroatoms. The molecule has 2 aliphatic carbocycles. The molecule has 4 nitrogen and oxygen atoms in total. The third-order valence-corrected chi connectivity index (χ3v) is 4.17. The third kappa shape index (κ3) is 1.16. The van der Waals surface area contributed by atoms with Crippen LogP contribution >= 0.6 is 0 Å². The Morgan fingerprint density at radius 2 is 2.25 bits per heavy atom. The van der Waals surface area contributed by atoms with Crippen molar-refractivity contribution in [1.29, 1.82) is 0 Å². The molecule has 3 rings (SSSR count). The smallest absolute Gasteiger partial charge is 0.309 e. The molecule has 3 aliphatic rings. The molecule has 1 N–H and O–H groups in total. The molecular formula is C12H15NO3. The van der Waals surface area contributed by atoms with E-state index in [1.807, 2.05) is 0 Å². The molecule has 0 aromatic carbocycles. The Labute approximate surface area is 94.0 Å². The number of hydrogen-bond donors (Lipinski definition) is 1. The highest BCUT2D eigenvalue weighted by molar-refractivity contribution is 5.92. The molecule has 2 bridgehead atoms. The third-order valence-electron chi connectivity index (χ3n) is 4.17. The van der Waals surface area contributed by atoms with E-state index >= 15 is 0 Å². The van der Waals surface area contributed by atoms with Gasteiger partial charge in [-0.2, -0.15) is 0 Å². The minimum Gasteiger partial charge on any atom is -0.460 e. The quantitative estimate of drug-likeness (QED) is 0.549. The Bertz CT molecular complexity index is 390. The molecule has 0 spiro atoms. The number of rotatable bonds is 2. The monoisotopic (exact) mass is 221 g/mol. The summed E-state index contributed by atoms with van der Waals surface area (Å²) in [5.74, 6) is 0.664. The van der Waals surface area contributed by atoms with Gasteiger partial charge in [-0.05, 0) is 25.7 Å². The van der Waals surface area contributed by atoms with Crippen LogP contribution < -0.4 is 5.32 Å². The molecule has 1 aliphatic heterocycles. The lowest BCUT2D eigenvalue weighted by Crippen LogP contribution is -2.46. The Balaban J connectivity index is 1.77. The van der Waals surface area contributed by atoms with Crippen LogP contribution in [0.4, 0.5) is 0 Å². The van der Waals surface area contributed by atoms with Crippen molar-refractivity contribution in [3.8, 4) is 0 Å². The van der Waals surface area contributed by atoms with Crippen LogP contribution in [0.5, 0.6) is 0 Å². The van der Waals surface area contributed by atoms with Gasteiger partial charge in [0, 0.05) is 11.5 Å². The first-order valence-corrected chi connectivity index (χ1v) is 5.75. The first-order chi connectivity index (χ1) is 7.58. The number of nitrogens with one attached hydrogen (secondary N) is 1. The molecule has 3 unspecified atom stereocenters. The number of ether oxygens (including phenoxy) is 1. The van der Waals surface area contributed by atoms with E-state index in [1.165, 1.54) is 0 Å². The zero-order valence-electron chi connectivity index (χ0n) is 9.23. The normalized spacial score (nSPS) is 43.3. The average molecular weight is 221 g/mol. The maximum Gasteiger partial charge on any atom is 0.309 e. The van der Waals surface area contributed by atoms with Crippen LogP contribution in [0.2, 0.25) is 0 Å². The van der Waals surface area contributed by atoms with E-state index in [9.17, 15) is 9.59 Å². The van der Waals surface area contributed by atoms with Gasteiger partial charge in [-0.3, -0.25) is 9.59 Å². The van der Waals surface area contributed by atoms with Gasteiger partial charge in [0.1, 0.15) is 6.10 Å². The minimum absolute atomic E-state index is 0.0110. The molecule has 1 heterocycles. The first-order valence-electron chi connectivity index (χ1n) is 5.75. The lowest BCUT2D eigenvalue weighted by Gasteiger charge is -2.26. The number of amides is 1. The summed E-state index contributed by atoms with van der Waals surface area (Å²) in [4.78, 5) is 23.1. The molecule has 1 saturated heterocycles. The molecule has 5 atom stereocenters. The molecule has 0 aromatic rings. The van der Waals surface area contributed by atoms with Crippen LogP contribution in [0.25, 0.3) is 0 Å².